The zero-order chi connectivity index (χ0) is 15.4. The molecular formula is C13H15N3O4S. The van der Waals surface area contributed by atoms with Crippen LogP contribution in [0.3, 0.4) is 0 Å². The monoisotopic (exact) mass is 309 g/mol. The van der Waals surface area contributed by atoms with Crippen LogP contribution in [0.5, 0.6) is 0 Å². The van der Waals surface area contributed by atoms with Crippen LogP contribution in [0.15, 0.2) is 9.90 Å². The summed E-state index contributed by atoms with van der Waals surface area (Å²) in [6.45, 7) is 5.00. The fourth-order valence-corrected chi connectivity index (χ4v) is 2.43. The van der Waals surface area contributed by atoms with Gasteiger partial charge in [0, 0.05) is 17.9 Å². The van der Waals surface area contributed by atoms with E-state index in [1.54, 1.807) is 19.2 Å². The average Bonchev–Trinajstić information content (AvgIpc) is 2.97. The van der Waals surface area contributed by atoms with Gasteiger partial charge in [0.25, 0.3) is 0 Å². The summed E-state index contributed by atoms with van der Waals surface area (Å²) in [5.74, 6) is 0.0517. The molecule has 112 valence electrons. The van der Waals surface area contributed by atoms with E-state index < -0.39 is 0 Å². The van der Waals surface area contributed by atoms with E-state index in [1.807, 2.05) is 0 Å². The topological polar surface area (TPSA) is 94.3 Å². The molecule has 2 heterocycles. The molecule has 0 atom stereocenters. The van der Waals surface area contributed by atoms with Gasteiger partial charge in [0.1, 0.15) is 12.4 Å². The summed E-state index contributed by atoms with van der Waals surface area (Å²) in [5.41, 5.74) is 2.03. The molecule has 8 heteroatoms. The first kappa shape index (κ1) is 15.2. The molecule has 2 rings (SSSR count). The van der Waals surface area contributed by atoms with Crippen LogP contribution >= 0.6 is 11.3 Å². The average molecular weight is 309 g/mol. The van der Waals surface area contributed by atoms with E-state index in [2.05, 4.69) is 15.5 Å². The predicted molar refractivity (Wildman–Crippen MR) is 75.9 cm³/mol. The fourth-order valence-electron chi connectivity index (χ4n) is 1.69. The van der Waals surface area contributed by atoms with Crippen molar-refractivity contribution in [3.05, 3.63) is 28.1 Å². The van der Waals surface area contributed by atoms with Crippen molar-refractivity contribution in [3.8, 4) is 0 Å². The normalized spacial score (nSPS) is 10.4. The standard InChI is InChI=1S/C13H15N3O4S/c1-7-11(8(2)20-16-7)4-12(18)19-5-10-6-21-13(15-10)14-9(3)17/h6H,4-5H2,1-3H3,(H,14,15,17). The second kappa shape index (κ2) is 6.49. The SMILES string of the molecule is CC(=O)Nc1nc(COC(=O)Cc2c(C)noc2C)cs1. The van der Waals surface area contributed by atoms with Crippen LogP contribution in [0.4, 0.5) is 5.13 Å². The molecule has 7 nitrogen and oxygen atoms in total. The van der Waals surface area contributed by atoms with Crippen LogP contribution in [0, 0.1) is 13.8 Å². The first-order valence-electron chi connectivity index (χ1n) is 6.25. The Hall–Kier alpha value is -2.22. The number of aromatic nitrogens is 2. The number of carbonyl (C=O) groups is 2. The maximum Gasteiger partial charge on any atom is 0.310 e. The number of ether oxygens (including phenoxy) is 1. The lowest BCUT2D eigenvalue weighted by Gasteiger charge is -2.02. The van der Waals surface area contributed by atoms with E-state index in [4.69, 9.17) is 9.26 Å². The Morgan fingerprint density at radius 3 is 2.81 bits per heavy atom. The van der Waals surface area contributed by atoms with Gasteiger partial charge in [0.2, 0.25) is 5.91 Å². The van der Waals surface area contributed by atoms with Crippen LogP contribution in [-0.4, -0.2) is 22.0 Å². The second-order valence-corrected chi connectivity index (χ2v) is 5.32. The van der Waals surface area contributed by atoms with E-state index in [-0.39, 0.29) is 24.9 Å². The van der Waals surface area contributed by atoms with Crippen molar-refractivity contribution in [1.82, 2.24) is 10.1 Å². The van der Waals surface area contributed by atoms with Gasteiger partial charge >= 0.3 is 5.97 Å². The smallest absolute Gasteiger partial charge is 0.310 e. The van der Waals surface area contributed by atoms with Crippen molar-refractivity contribution in [2.24, 2.45) is 0 Å². The van der Waals surface area contributed by atoms with Gasteiger partial charge in [-0.3, -0.25) is 9.59 Å². The van der Waals surface area contributed by atoms with Crippen molar-refractivity contribution >= 4 is 28.3 Å². The Morgan fingerprint density at radius 2 is 2.19 bits per heavy atom. The van der Waals surface area contributed by atoms with Crippen molar-refractivity contribution < 1.29 is 18.8 Å². The highest BCUT2D eigenvalue weighted by Gasteiger charge is 2.15. The van der Waals surface area contributed by atoms with E-state index in [9.17, 15) is 9.59 Å². The lowest BCUT2D eigenvalue weighted by atomic mass is 10.1. The molecule has 0 radical (unpaired) electrons. The Kier molecular flexibility index (Phi) is 4.69. The Balaban J connectivity index is 1.86. The predicted octanol–water partition coefficient (Wildman–Crippen LogP) is 1.99. The number of nitrogens with one attached hydrogen (secondary N) is 1. The number of amides is 1. The number of rotatable bonds is 5. The lowest BCUT2D eigenvalue weighted by Crippen LogP contribution is -2.09. The number of hydrogen-bond donors (Lipinski definition) is 1. The van der Waals surface area contributed by atoms with Crippen LogP contribution in [-0.2, 0) is 27.4 Å². The van der Waals surface area contributed by atoms with Crippen LogP contribution < -0.4 is 5.32 Å². The number of carbonyl (C=O) groups excluding carboxylic acids is 2. The van der Waals surface area contributed by atoms with Gasteiger partial charge in [0.05, 0.1) is 17.8 Å². The molecular weight excluding hydrogens is 294 g/mol. The minimum Gasteiger partial charge on any atom is -0.459 e. The van der Waals surface area contributed by atoms with Gasteiger partial charge < -0.3 is 14.6 Å². The van der Waals surface area contributed by atoms with Crippen LogP contribution in [0.25, 0.3) is 0 Å². The molecule has 0 aliphatic heterocycles. The summed E-state index contributed by atoms with van der Waals surface area (Å²) in [6, 6.07) is 0. The van der Waals surface area contributed by atoms with E-state index in [1.165, 1.54) is 18.3 Å². The van der Waals surface area contributed by atoms with Gasteiger partial charge in [-0.15, -0.1) is 11.3 Å². The van der Waals surface area contributed by atoms with Crippen molar-refractivity contribution in [2.75, 3.05) is 5.32 Å². The van der Waals surface area contributed by atoms with E-state index in [0.29, 0.717) is 22.3 Å². The largest absolute Gasteiger partial charge is 0.459 e. The summed E-state index contributed by atoms with van der Waals surface area (Å²) in [5, 5.41) is 8.57. The zero-order valence-corrected chi connectivity index (χ0v) is 12.7. The summed E-state index contributed by atoms with van der Waals surface area (Å²) in [6.07, 6.45) is 0.115. The molecule has 0 spiro atoms. The summed E-state index contributed by atoms with van der Waals surface area (Å²) in [4.78, 5) is 26.8. The number of thiazole rings is 1. The van der Waals surface area contributed by atoms with Crippen molar-refractivity contribution in [2.45, 2.75) is 33.8 Å². The number of hydrogen-bond acceptors (Lipinski definition) is 7. The van der Waals surface area contributed by atoms with Gasteiger partial charge in [-0.2, -0.15) is 0 Å². The lowest BCUT2D eigenvalue weighted by molar-refractivity contribution is -0.144. The first-order chi connectivity index (χ1) is 9.95. The molecule has 0 bridgehead atoms. The van der Waals surface area contributed by atoms with Crippen LogP contribution in [0.1, 0.15) is 29.6 Å². The van der Waals surface area contributed by atoms with Gasteiger partial charge in [-0.25, -0.2) is 4.98 Å². The third kappa shape index (κ3) is 4.12. The molecule has 0 aliphatic rings. The summed E-state index contributed by atoms with van der Waals surface area (Å²) < 4.78 is 10.1. The van der Waals surface area contributed by atoms with Crippen LogP contribution in [0.2, 0.25) is 0 Å². The molecule has 0 unspecified atom stereocenters. The highest BCUT2D eigenvalue weighted by Crippen LogP contribution is 2.17. The Morgan fingerprint density at radius 1 is 1.43 bits per heavy atom. The fraction of sp³-hybridized carbons (Fsp3) is 0.385. The minimum absolute atomic E-state index is 0.0678. The molecule has 1 N–H and O–H groups in total. The molecule has 0 fully saturated rings. The maximum atomic E-state index is 11.8. The summed E-state index contributed by atoms with van der Waals surface area (Å²) >= 11 is 1.28. The van der Waals surface area contributed by atoms with Crippen molar-refractivity contribution in [3.63, 3.8) is 0 Å². The highest BCUT2D eigenvalue weighted by molar-refractivity contribution is 7.13. The molecule has 1 amide bonds. The highest BCUT2D eigenvalue weighted by atomic mass is 32.1. The van der Waals surface area contributed by atoms with E-state index in [0.717, 1.165) is 5.56 Å². The zero-order valence-electron chi connectivity index (χ0n) is 11.9. The van der Waals surface area contributed by atoms with Gasteiger partial charge in [0.15, 0.2) is 5.13 Å². The third-order valence-electron chi connectivity index (χ3n) is 2.72. The van der Waals surface area contributed by atoms with Crippen molar-refractivity contribution in [1.29, 1.82) is 0 Å². The Labute approximate surface area is 125 Å². The first-order valence-corrected chi connectivity index (χ1v) is 7.13. The summed E-state index contributed by atoms with van der Waals surface area (Å²) in [7, 11) is 0. The van der Waals surface area contributed by atoms with Gasteiger partial charge in [-0.1, -0.05) is 5.16 Å². The molecule has 0 saturated carbocycles. The number of nitrogens with zero attached hydrogens (tertiary/aromatic N) is 2. The molecule has 0 aromatic carbocycles. The molecule has 0 saturated heterocycles. The molecule has 2 aromatic heterocycles. The van der Waals surface area contributed by atoms with E-state index >= 15 is 0 Å². The van der Waals surface area contributed by atoms with Gasteiger partial charge in [-0.05, 0) is 13.8 Å². The number of anilines is 1. The molecule has 21 heavy (non-hydrogen) atoms. The minimum atomic E-state index is -0.376. The number of aryl methyl sites for hydroxylation is 2. The maximum absolute atomic E-state index is 11.8. The quantitative estimate of drug-likeness (QED) is 0.849. The molecule has 0 aliphatic carbocycles. The second-order valence-electron chi connectivity index (χ2n) is 4.47. The number of esters is 1. The molecule has 2 aromatic rings. The Bertz CT molecular complexity index is 643. The third-order valence-corrected chi connectivity index (χ3v) is 3.52.